The van der Waals surface area contributed by atoms with E-state index in [1.807, 2.05) is 19.0 Å². The first-order valence-corrected chi connectivity index (χ1v) is 13.6. The molecule has 17 heteroatoms. The van der Waals surface area contributed by atoms with E-state index in [4.69, 9.17) is 5.73 Å². The summed E-state index contributed by atoms with van der Waals surface area (Å²) in [6.07, 6.45) is -0.0944. The first-order chi connectivity index (χ1) is 16.7. The van der Waals surface area contributed by atoms with Crippen molar-refractivity contribution < 1.29 is 23.7 Å². The Morgan fingerprint density at radius 3 is 2.86 bits per heavy atom. The topological polar surface area (TPSA) is 190 Å². The van der Waals surface area contributed by atoms with E-state index >= 15 is 0 Å². The van der Waals surface area contributed by atoms with Gasteiger partial charge in [0.05, 0.1) is 35.2 Å². The summed E-state index contributed by atoms with van der Waals surface area (Å²) in [6.45, 7) is 1.25. The summed E-state index contributed by atoms with van der Waals surface area (Å²) in [5, 5.41) is 25.5. The minimum atomic E-state index is -1.61. The molecule has 2 aliphatic heterocycles. The standard InChI is InChI=1S/C18H23N9O5S3/c1-25(2)3-4-26-18(22-23-24-26)34-6-9-8-35(32)15-12(14(29)27(15)13(9)16(30)31)21-11(28)5-10-7-33-17(19)20-10/h7,12,15H,3-6,8H2,1-2H3,(H2,19,20)(H,21,28)(H,30,31)/t12-,15-,35?/m1/s1. The van der Waals surface area contributed by atoms with Crippen LogP contribution in [0.25, 0.3) is 0 Å². The summed E-state index contributed by atoms with van der Waals surface area (Å²) in [4.78, 5) is 44.3. The third kappa shape index (κ3) is 5.36. The second kappa shape index (κ2) is 10.4. The number of nitrogen functional groups attached to an aromatic ring is 1. The van der Waals surface area contributed by atoms with Gasteiger partial charge in [0.25, 0.3) is 5.91 Å². The van der Waals surface area contributed by atoms with Crippen LogP contribution in [-0.4, -0.2) is 106 Å². The molecule has 2 aromatic rings. The zero-order chi connectivity index (χ0) is 25.3. The van der Waals surface area contributed by atoms with Crippen LogP contribution in [0.5, 0.6) is 0 Å². The highest BCUT2D eigenvalue weighted by molar-refractivity contribution is 7.99. The highest BCUT2D eigenvalue weighted by atomic mass is 32.2. The number of anilines is 1. The van der Waals surface area contributed by atoms with E-state index in [1.54, 1.807) is 10.1 Å². The monoisotopic (exact) mass is 541 g/mol. The average Bonchev–Trinajstić information content (AvgIpc) is 3.42. The highest BCUT2D eigenvalue weighted by Gasteiger charge is 2.57. The second-order valence-corrected chi connectivity index (χ2v) is 11.4. The van der Waals surface area contributed by atoms with Gasteiger partial charge in [-0.2, -0.15) is 0 Å². The molecular weight excluding hydrogens is 518 g/mol. The molecule has 2 amide bonds. The van der Waals surface area contributed by atoms with Crippen molar-refractivity contribution in [2.24, 2.45) is 0 Å². The van der Waals surface area contributed by atoms with Crippen molar-refractivity contribution in [1.82, 2.24) is 40.3 Å². The first kappa shape index (κ1) is 25.2. The van der Waals surface area contributed by atoms with Crippen LogP contribution in [0.15, 0.2) is 21.8 Å². The van der Waals surface area contributed by atoms with Gasteiger partial charge in [-0.1, -0.05) is 11.8 Å². The number of carbonyl (C=O) groups excluding carboxylic acids is 2. The first-order valence-electron chi connectivity index (χ1n) is 10.3. The molecule has 0 aromatic carbocycles. The Kier molecular flexibility index (Phi) is 7.48. The molecule has 4 heterocycles. The lowest BCUT2D eigenvalue weighted by Gasteiger charge is -2.49. The third-order valence-corrected chi connectivity index (χ3v) is 8.69. The van der Waals surface area contributed by atoms with Crippen LogP contribution in [0, 0.1) is 0 Å². The molecule has 4 rings (SSSR count). The molecule has 4 N–H and O–H groups in total. The van der Waals surface area contributed by atoms with E-state index in [0.29, 0.717) is 34.6 Å². The Morgan fingerprint density at radius 1 is 1.43 bits per heavy atom. The number of thioether (sulfide) groups is 1. The molecule has 1 saturated heterocycles. The van der Waals surface area contributed by atoms with E-state index in [9.17, 15) is 23.7 Å². The molecule has 0 aliphatic carbocycles. The molecule has 1 fully saturated rings. The molecule has 14 nitrogen and oxygen atoms in total. The van der Waals surface area contributed by atoms with Crippen molar-refractivity contribution in [1.29, 1.82) is 0 Å². The van der Waals surface area contributed by atoms with Gasteiger partial charge in [-0.25, -0.2) is 14.5 Å². The normalized spacial score (nSPS) is 21.7. The van der Waals surface area contributed by atoms with Crippen molar-refractivity contribution in [3.8, 4) is 0 Å². The van der Waals surface area contributed by atoms with Gasteiger partial charge in [-0.3, -0.25) is 18.7 Å². The molecule has 0 spiro atoms. The predicted octanol–water partition coefficient (Wildman–Crippen LogP) is -1.64. The molecule has 1 unspecified atom stereocenters. The van der Waals surface area contributed by atoms with E-state index in [1.165, 1.54) is 23.1 Å². The number of nitrogens with two attached hydrogens (primary N) is 1. The summed E-state index contributed by atoms with van der Waals surface area (Å²) in [5.41, 5.74) is 6.15. The van der Waals surface area contributed by atoms with E-state index < -0.39 is 40.0 Å². The number of nitrogens with zero attached hydrogens (tertiary/aromatic N) is 7. The number of rotatable bonds is 10. The number of carboxylic acids is 1. The van der Waals surface area contributed by atoms with Gasteiger partial charge in [-0.05, 0) is 30.1 Å². The van der Waals surface area contributed by atoms with Crippen LogP contribution >= 0.6 is 23.1 Å². The van der Waals surface area contributed by atoms with Crippen LogP contribution in [0.4, 0.5) is 5.13 Å². The van der Waals surface area contributed by atoms with Gasteiger partial charge in [0.15, 0.2) is 5.13 Å². The number of carbonyl (C=O) groups is 3. The van der Waals surface area contributed by atoms with Gasteiger partial charge in [0.1, 0.15) is 17.1 Å². The number of thiazole rings is 1. The molecule has 35 heavy (non-hydrogen) atoms. The number of aliphatic carboxylic acids is 1. The largest absolute Gasteiger partial charge is 0.477 e. The number of likely N-dealkylation sites (N-methyl/N-ethyl adjacent to an activating group) is 1. The molecule has 0 saturated carbocycles. The third-order valence-electron chi connectivity index (χ3n) is 5.27. The maximum atomic E-state index is 13.0. The average molecular weight is 542 g/mol. The number of hydrogen-bond donors (Lipinski definition) is 3. The molecule has 3 atom stereocenters. The molecule has 0 radical (unpaired) electrons. The highest BCUT2D eigenvalue weighted by Crippen LogP contribution is 2.36. The van der Waals surface area contributed by atoms with Crippen molar-refractivity contribution in [3.05, 3.63) is 22.3 Å². The van der Waals surface area contributed by atoms with E-state index in [0.717, 1.165) is 4.90 Å². The number of amides is 2. The number of carboxylic acid groups (broad SMARTS) is 1. The Labute approximate surface area is 210 Å². The SMILES string of the molecule is CN(C)CCn1nnnc1SCC1=C(C(=O)O)N2C(=O)[C@@H](NC(=O)Cc3csc(N)n3)[C@H]2S(=O)C1. The minimum Gasteiger partial charge on any atom is -0.477 e. The van der Waals surface area contributed by atoms with Crippen LogP contribution in [0.1, 0.15) is 5.69 Å². The minimum absolute atomic E-state index is 0.0443. The van der Waals surface area contributed by atoms with E-state index in [-0.39, 0.29) is 23.6 Å². The molecule has 0 bridgehead atoms. The summed E-state index contributed by atoms with van der Waals surface area (Å²) in [5.74, 6) is -2.31. The van der Waals surface area contributed by atoms with Crippen molar-refractivity contribution in [2.45, 2.75) is 29.5 Å². The van der Waals surface area contributed by atoms with Crippen molar-refractivity contribution in [3.63, 3.8) is 0 Å². The van der Waals surface area contributed by atoms with Crippen LogP contribution < -0.4 is 11.1 Å². The smallest absolute Gasteiger partial charge is 0.352 e. The van der Waals surface area contributed by atoms with Gasteiger partial charge in [0, 0.05) is 17.7 Å². The molecular formula is C18H23N9O5S3. The van der Waals surface area contributed by atoms with Gasteiger partial charge < -0.3 is 21.1 Å². The number of tetrazole rings is 1. The Bertz CT molecular complexity index is 1210. The predicted molar refractivity (Wildman–Crippen MR) is 128 cm³/mol. The maximum Gasteiger partial charge on any atom is 0.352 e. The van der Waals surface area contributed by atoms with Gasteiger partial charge in [0.2, 0.25) is 11.1 Å². The fourth-order valence-electron chi connectivity index (χ4n) is 3.64. The lowest BCUT2D eigenvalue weighted by Crippen LogP contribution is -2.73. The van der Waals surface area contributed by atoms with E-state index in [2.05, 4.69) is 25.8 Å². The lowest BCUT2D eigenvalue weighted by atomic mass is 10.0. The summed E-state index contributed by atoms with van der Waals surface area (Å²) < 4.78 is 14.6. The van der Waals surface area contributed by atoms with Crippen LogP contribution in [-0.2, 0) is 38.1 Å². The lowest BCUT2D eigenvalue weighted by molar-refractivity contribution is -0.150. The van der Waals surface area contributed by atoms with Crippen molar-refractivity contribution >= 4 is 56.8 Å². The Hall–Kier alpha value is -2.89. The number of β-lactam (4-membered cyclic amide) rings is 1. The molecule has 2 aromatic heterocycles. The fourth-order valence-corrected chi connectivity index (χ4v) is 6.93. The number of fused-ring (bicyclic) bond motifs is 1. The number of nitrogens with one attached hydrogen (secondary N) is 1. The summed E-state index contributed by atoms with van der Waals surface area (Å²) in [6, 6.07) is -1.07. The zero-order valence-corrected chi connectivity index (χ0v) is 21.2. The Morgan fingerprint density at radius 2 is 2.20 bits per heavy atom. The van der Waals surface area contributed by atoms with Crippen LogP contribution in [0.2, 0.25) is 0 Å². The second-order valence-electron chi connectivity index (χ2n) is 8.06. The van der Waals surface area contributed by atoms with Gasteiger partial charge in [-0.15, -0.1) is 16.4 Å². The number of hydrogen-bond acceptors (Lipinski definition) is 12. The fraction of sp³-hybridized carbons (Fsp3) is 0.500. The van der Waals surface area contributed by atoms with Crippen LogP contribution in [0.3, 0.4) is 0 Å². The quantitative estimate of drug-likeness (QED) is 0.230. The maximum absolute atomic E-state index is 13.0. The summed E-state index contributed by atoms with van der Waals surface area (Å²) in [7, 11) is 2.23. The van der Waals surface area contributed by atoms with Gasteiger partial charge >= 0.3 is 5.97 Å². The number of aromatic nitrogens is 5. The Balaban J connectivity index is 1.46. The summed E-state index contributed by atoms with van der Waals surface area (Å²) >= 11 is 2.40. The molecule has 2 aliphatic rings. The van der Waals surface area contributed by atoms with Crippen molar-refractivity contribution in [2.75, 3.05) is 37.9 Å². The zero-order valence-electron chi connectivity index (χ0n) is 18.8. The molecule has 188 valence electrons.